The second-order valence-corrected chi connectivity index (χ2v) is 6.88. The van der Waals surface area contributed by atoms with E-state index in [0.29, 0.717) is 12.0 Å². The van der Waals surface area contributed by atoms with Crippen molar-refractivity contribution in [3.05, 3.63) is 29.3 Å². The molecule has 1 aromatic rings. The van der Waals surface area contributed by atoms with Crippen molar-refractivity contribution in [2.24, 2.45) is 11.8 Å². The number of hydrogen-bond donors (Lipinski definition) is 2. The average Bonchev–Trinajstić information content (AvgIpc) is 2.49. The summed E-state index contributed by atoms with van der Waals surface area (Å²) >= 11 is 0. The monoisotopic (exact) mass is 286 g/mol. The summed E-state index contributed by atoms with van der Waals surface area (Å²) in [5.74, 6) is 1.47. The first-order valence-electron chi connectivity index (χ1n) is 8.31. The summed E-state index contributed by atoms with van der Waals surface area (Å²) in [5.41, 5.74) is 3.28. The molecule has 1 heterocycles. The molecule has 1 amide bonds. The first-order chi connectivity index (χ1) is 10.1. The lowest BCUT2D eigenvalue weighted by Gasteiger charge is -2.33. The van der Waals surface area contributed by atoms with Crippen LogP contribution in [0.1, 0.15) is 55.5 Å². The van der Waals surface area contributed by atoms with Gasteiger partial charge in [-0.3, -0.25) is 4.79 Å². The molecule has 3 heteroatoms. The minimum Gasteiger partial charge on any atom is -0.385 e. The minimum atomic E-state index is 0.0924. The molecule has 1 fully saturated rings. The van der Waals surface area contributed by atoms with Gasteiger partial charge in [-0.15, -0.1) is 0 Å². The largest absolute Gasteiger partial charge is 0.385 e. The molecule has 1 aromatic carbocycles. The Morgan fingerprint density at radius 2 is 2.14 bits per heavy atom. The van der Waals surface area contributed by atoms with Crippen LogP contribution in [0.25, 0.3) is 0 Å². The molecule has 0 saturated heterocycles. The fourth-order valence-corrected chi connectivity index (χ4v) is 3.75. The van der Waals surface area contributed by atoms with Crippen molar-refractivity contribution in [1.82, 2.24) is 5.32 Å². The molecule has 3 unspecified atom stereocenters. The normalized spacial score (nSPS) is 28.4. The molecule has 1 aliphatic carbocycles. The van der Waals surface area contributed by atoms with Crippen LogP contribution < -0.4 is 10.6 Å². The van der Waals surface area contributed by atoms with E-state index < -0.39 is 0 Å². The molecule has 1 aliphatic heterocycles. The van der Waals surface area contributed by atoms with Crippen LogP contribution in [0.4, 0.5) is 5.69 Å². The predicted octanol–water partition coefficient (Wildman–Crippen LogP) is 3.60. The molecule has 114 valence electrons. The van der Waals surface area contributed by atoms with E-state index in [9.17, 15) is 4.79 Å². The summed E-state index contributed by atoms with van der Waals surface area (Å²) < 4.78 is 0. The molecule has 0 spiro atoms. The number of amides is 1. The molecule has 1 saturated carbocycles. The van der Waals surface area contributed by atoms with Crippen LogP contribution in [0.2, 0.25) is 0 Å². The summed E-state index contributed by atoms with van der Waals surface area (Å²) in [4.78, 5) is 12.5. The van der Waals surface area contributed by atoms with Gasteiger partial charge in [-0.05, 0) is 67.7 Å². The van der Waals surface area contributed by atoms with Crippen molar-refractivity contribution >= 4 is 11.6 Å². The van der Waals surface area contributed by atoms with Gasteiger partial charge in [-0.2, -0.15) is 0 Å². The van der Waals surface area contributed by atoms with Gasteiger partial charge in [0, 0.05) is 23.8 Å². The Morgan fingerprint density at radius 3 is 2.95 bits per heavy atom. The fraction of sp³-hybridized carbons (Fsp3) is 0.611. The van der Waals surface area contributed by atoms with Crippen LogP contribution in [0.5, 0.6) is 0 Å². The number of hydrogen-bond acceptors (Lipinski definition) is 2. The van der Waals surface area contributed by atoms with Gasteiger partial charge in [0.15, 0.2) is 0 Å². The summed E-state index contributed by atoms with van der Waals surface area (Å²) in [6.45, 7) is 5.61. The van der Waals surface area contributed by atoms with E-state index in [1.165, 1.54) is 24.1 Å². The molecule has 2 aliphatic rings. The topological polar surface area (TPSA) is 41.1 Å². The number of carbonyl (C=O) groups is 1. The lowest BCUT2D eigenvalue weighted by molar-refractivity contribution is 0.0899. The number of rotatable bonds is 2. The maximum atomic E-state index is 12.5. The standard InChI is InChI=1S/C18H26N2O/c1-12-5-7-16(13(2)10-12)20-18(21)15-6-8-17-14(11-15)4-3-9-19-17/h6,8,11-13,16,19H,3-5,7,9-10H2,1-2H3,(H,20,21). The van der Waals surface area contributed by atoms with Crippen LogP contribution >= 0.6 is 0 Å². The van der Waals surface area contributed by atoms with Gasteiger partial charge in [-0.1, -0.05) is 13.8 Å². The van der Waals surface area contributed by atoms with E-state index in [0.717, 1.165) is 37.3 Å². The van der Waals surface area contributed by atoms with E-state index in [1.807, 2.05) is 6.07 Å². The third-order valence-electron chi connectivity index (χ3n) is 5.05. The molecule has 3 atom stereocenters. The van der Waals surface area contributed by atoms with Gasteiger partial charge < -0.3 is 10.6 Å². The van der Waals surface area contributed by atoms with E-state index in [4.69, 9.17) is 0 Å². The Labute approximate surface area is 127 Å². The van der Waals surface area contributed by atoms with Crippen LogP contribution in [-0.4, -0.2) is 18.5 Å². The lowest BCUT2D eigenvalue weighted by atomic mass is 9.80. The zero-order chi connectivity index (χ0) is 14.8. The van der Waals surface area contributed by atoms with Crippen molar-refractivity contribution in [3.8, 4) is 0 Å². The highest BCUT2D eigenvalue weighted by atomic mass is 16.1. The van der Waals surface area contributed by atoms with E-state index >= 15 is 0 Å². The first-order valence-corrected chi connectivity index (χ1v) is 8.31. The van der Waals surface area contributed by atoms with Crippen LogP contribution in [-0.2, 0) is 6.42 Å². The summed E-state index contributed by atoms with van der Waals surface area (Å²) in [5, 5.41) is 6.64. The highest BCUT2D eigenvalue weighted by Gasteiger charge is 2.26. The number of fused-ring (bicyclic) bond motifs is 1. The Hall–Kier alpha value is -1.51. The number of aryl methyl sites for hydroxylation is 1. The fourth-order valence-electron chi connectivity index (χ4n) is 3.75. The highest BCUT2D eigenvalue weighted by Crippen LogP contribution is 2.29. The molecule has 3 rings (SSSR count). The molecule has 0 radical (unpaired) electrons. The highest BCUT2D eigenvalue weighted by molar-refractivity contribution is 5.95. The third-order valence-corrected chi connectivity index (χ3v) is 5.05. The zero-order valence-corrected chi connectivity index (χ0v) is 13.1. The summed E-state index contributed by atoms with van der Waals surface area (Å²) in [7, 11) is 0. The SMILES string of the molecule is CC1CCC(NC(=O)c2ccc3c(c2)CCCN3)C(C)C1. The second kappa shape index (κ2) is 6.08. The smallest absolute Gasteiger partial charge is 0.251 e. The Balaban J connectivity index is 1.68. The van der Waals surface area contributed by atoms with E-state index in [1.54, 1.807) is 0 Å². The Kier molecular flexibility index (Phi) is 4.18. The minimum absolute atomic E-state index is 0.0924. The van der Waals surface area contributed by atoms with E-state index in [2.05, 4.69) is 36.6 Å². The third kappa shape index (κ3) is 3.22. The van der Waals surface area contributed by atoms with Crippen LogP contribution in [0.15, 0.2) is 18.2 Å². The van der Waals surface area contributed by atoms with Crippen molar-refractivity contribution < 1.29 is 4.79 Å². The Bertz CT molecular complexity index is 526. The molecule has 0 bridgehead atoms. The predicted molar refractivity (Wildman–Crippen MR) is 86.7 cm³/mol. The summed E-state index contributed by atoms with van der Waals surface area (Å²) in [6, 6.07) is 6.40. The maximum Gasteiger partial charge on any atom is 0.251 e. The van der Waals surface area contributed by atoms with Gasteiger partial charge in [-0.25, -0.2) is 0 Å². The lowest BCUT2D eigenvalue weighted by Crippen LogP contribution is -2.42. The molecular formula is C18H26N2O. The summed E-state index contributed by atoms with van der Waals surface area (Å²) in [6.07, 6.45) is 5.78. The van der Waals surface area contributed by atoms with Gasteiger partial charge >= 0.3 is 0 Å². The zero-order valence-electron chi connectivity index (χ0n) is 13.1. The number of anilines is 1. The Morgan fingerprint density at radius 1 is 1.29 bits per heavy atom. The van der Waals surface area contributed by atoms with Crippen molar-refractivity contribution in [2.75, 3.05) is 11.9 Å². The molecule has 3 nitrogen and oxygen atoms in total. The van der Waals surface area contributed by atoms with Gasteiger partial charge in [0.2, 0.25) is 0 Å². The van der Waals surface area contributed by atoms with Gasteiger partial charge in [0.1, 0.15) is 0 Å². The number of benzene rings is 1. The maximum absolute atomic E-state index is 12.5. The van der Waals surface area contributed by atoms with Gasteiger partial charge in [0.05, 0.1) is 0 Å². The first kappa shape index (κ1) is 14.4. The van der Waals surface area contributed by atoms with E-state index in [-0.39, 0.29) is 5.91 Å². The van der Waals surface area contributed by atoms with Crippen molar-refractivity contribution in [3.63, 3.8) is 0 Å². The quantitative estimate of drug-likeness (QED) is 0.872. The van der Waals surface area contributed by atoms with Crippen molar-refractivity contribution in [1.29, 1.82) is 0 Å². The molecule has 21 heavy (non-hydrogen) atoms. The molecule has 0 aromatic heterocycles. The van der Waals surface area contributed by atoms with Crippen molar-refractivity contribution in [2.45, 2.75) is 52.0 Å². The number of nitrogens with one attached hydrogen (secondary N) is 2. The van der Waals surface area contributed by atoms with Gasteiger partial charge in [0.25, 0.3) is 5.91 Å². The van der Waals surface area contributed by atoms with Crippen LogP contribution in [0.3, 0.4) is 0 Å². The molecule has 2 N–H and O–H groups in total. The number of carbonyl (C=O) groups excluding carboxylic acids is 1. The average molecular weight is 286 g/mol. The van der Waals surface area contributed by atoms with Crippen LogP contribution in [0, 0.1) is 11.8 Å². The second-order valence-electron chi connectivity index (χ2n) is 6.88. The molecular weight excluding hydrogens is 260 g/mol.